The zero-order valence-electron chi connectivity index (χ0n) is 15.9. The Bertz CT molecular complexity index is 581. The van der Waals surface area contributed by atoms with Crippen LogP contribution in [-0.4, -0.2) is 0 Å². The first-order valence-corrected chi connectivity index (χ1v) is 12.2. The van der Waals surface area contributed by atoms with Crippen LogP contribution in [0.2, 0.25) is 0 Å². The van der Waals surface area contributed by atoms with Crippen LogP contribution in [0.5, 0.6) is 0 Å². The van der Waals surface area contributed by atoms with Crippen LogP contribution in [0.15, 0.2) is 38.7 Å². The smallest absolute Gasteiger partial charge is 1.00 e. The van der Waals surface area contributed by atoms with E-state index in [9.17, 15) is 0 Å². The molecule has 0 aromatic carbocycles. The molecule has 0 fully saturated rings. The molecule has 0 aromatic heterocycles. The topological polar surface area (TPSA) is 0 Å². The SMILES string of the molecule is CC1=C(C)C(C)(C)[C]([U+][C]2=C(C)C(C)=C(C)C2(C)C)=C1C.[Cl-]. The fourth-order valence-corrected chi connectivity index (χ4v) is 12.1. The summed E-state index contributed by atoms with van der Waals surface area (Å²) >= 11 is -1.16. The molecule has 0 nitrogen and oxygen atoms in total. The van der Waals surface area contributed by atoms with Gasteiger partial charge in [-0.05, 0) is 0 Å². The Labute approximate surface area is 158 Å². The third-order valence-electron chi connectivity index (χ3n) is 6.38. The number of hydrogen-bond acceptors (Lipinski definition) is 0. The van der Waals surface area contributed by atoms with Gasteiger partial charge in [0.2, 0.25) is 0 Å². The van der Waals surface area contributed by atoms with E-state index in [1.807, 2.05) is 5.21 Å². The molecule has 0 spiro atoms. The van der Waals surface area contributed by atoms with Crippen LogP contribution < -0.4 is 12.4 Å². The molecule has 0 N–H and O–H groups in total. The first-order chi connectivity index (χ1) is 9.44. The second-order valence-corrected chi connectivity index (χ2v) is 13.1. The summed E-state index contributed by atoms with van der Waals surface area (Å²) in [5.41, 5.74) is 10.2. The minimum absolute atomic E-state index is 0. The van der Waals surface area contributed by atoms with Crippen molar-refractivity contribution in [1.82, 2.24) is 0 Å². The van der Waals surface area contributed by atoms with E-state index in [0.717, 1.165) is 0 Å². The van der Waals surface area contributed by atoms with Gasteiger partial charge >= 0.3 is 146 Å². The second-order valence-electron chi connectivity index (χ2n) is 7.88. The molecular formula is C20H30ClU. The van der Waals surface area contributed by atoms with Crippen molar-refractivity contribution in [3.8, 4) is 0 Å². The Balaban J connectivity index is 0.00000242. The minimum Gasteiger partial charge on any atom is -1.00 e. The first kappa shape index (κ1) is 20.3. The van der Waals surface area contributed by atoms with Gasteiger partial charge in [0, 0.05) is 0 Å². The number of hydrogen-bond donors (Lipinski definition) is 0. The Kier molecular flexibility index (Phi) is 5.84. The van der Waals surface area contributed by atoms with Crippen molar-refractivity contribution >= 4 is 0 Å². The van der Waals surface area contributed by atoms with Gasteiger partial charge in [0.25, 0.3) is 0 Å². The van der Waals surface area contributed by atoms with Crippen molar-refractivity contribution in [2.45, 2.75) is 69.2 Å². The molecule has 0 aromatic rings. The van der Waals surface area contributed by atoms with E-state index >= 15 is 0 Å². The summed E-state index contributed by atoms with van der Waals surface area (Å²) in [5.74, 6) is 0. The van der Waals surface area contributed by atoms with Crippen LogP contribution in [0.1, 0.15) is 69.2 Å². The molecule has 0 bridgehead atoms. The average molecular weight is 544 g/mol. The average Bonchev–Trinajstić information content (AvgIpc) is 2.63. The molecule has 0 radical (unpaired) electrons. The molecule has 2 rings (SSSR count). The number of rotatable bonds is 2. The predicted molar refractivity (Wildman–Crippen MR) is 89.7 cm³/mol. The Hall–Kier alpha value is 0.302. The molecule has 0 atom stereocenters. The third-order valence-corrected chi connectivity index (χ3v) is 16.8. The van der Waals surface area contributed by atoms with Gasteiger partial charge in [-0.2, -0.15) is 0 Å². The van der Waals surface area contributed by atoms with Crippen LogP contribution in [0.3, 0.4) is 0 Å². The van der Waals surface area contributed by atoms with Gasteiger partial charge in [0.1, 0.15) is 0 Å². The Morgan fingerprint density at radius 2 is 0.818 bits per heavy atom. The first-order valence-electron chi connectivity index (χ1n) is 8.00. The van der Waals surface area contributed by atoms with Crippen LogP contribution in [0, 0.1) is 38.6 Å². The van der Waals surface area contributed by atoms with Crippen LogP contribution in [-0.2, 0) is 0 Å². The van der Waals surface area contributed by atoms with Gasteiger partial charge in [-0.15, -0.1) is 0 Å². The largest absolute Gasteiger partial charge is 1.00 e. The van der Waals surface area contributed by atoms with Crippen molar-refractivity contribution in [1.29, 1.82) is 0 Å². The second kappa shape index (κ2) is 6.31. The molecule has 22 heavy (non-hydrogen) atoms. The van der Waals surface area contributed by atoms with E-state index in [1.54, 1.807) is 33.4 Å². The van der Waals surface area contributed by atoms with Gasteiger partial charge in [-0.25, -0.2) is 0 Å². The third kappa shape index (κ3) is 2.77. The summed E-state index contributed by atoms with van der Waals surface area (Å²) in [4.78, 5) is 0. The molecular weight excluding hydrogens is 514 g/mol. The van der Waals surface area contributed by atoms with Crippen molar-refractivity contribution < 1.29 is 40.1 Å². The zero-order valence-corrected chi connectivity index (χ0v) is 20.8. The quantitative estimate of drug-likeness (QED) is 0.501. The van der Waals surface area contributed by atoms with E-state index < -0.39 is 27.7 Å². The maximum absolute atomic E-state index is 2.44. The summed E-state index contributed by atoms with van der Waals surface area (Å²) in [6.45, 7) is 23.8. The maximum atomic E-state index is 2.44. The zero-order chi connectivity index (χ0) is 16.3. The molecule has 2 aliphatic rings. The van der Waals surface area contributed by atoms with E-state index in [0.29, 0.717) is 10.8 Å². The molecule has 0 aliphatic heterocycles. The van der Waals surface area contributed by atoms with Crippen LogP contribution in [0.25, 0.3) is 0 Å². The van der Waals surface area contributed by atoms with Gasteiger partial charge in [-0.3, -0.25) is 0 Å². The summed E-state index contributed by atoms with van der Waals surface area (Å²) in [6, 6.07) is 0. The van der Waals surface area contributed by atoms with Gasteiger partial charge in [0.05, 0.1) is 0 Å². The van der Waals surface area contributed by atoms with Crippen molar-refractivity contribution in [2.75, 3.05) is 0 Å². The monoisotopic (exact) mass is 543 g/mol. The summed E-state index contributed by atoms with van der Waals surface area (Å²) in [7, 11) is 0. The fraction of sp³-hybridized carbons (Fsp3) is 0.600. The van der Waals surface area contributed by atoms with Crippen molar-refractivity contribution in [3.05, 3.63) is 38.7 Å². The Morgan fingerprint density at radius 3 is 1.00 bits per heavy atom. The summed E-state index contributed by atoms with van der Waals surface area (Å²) in [5, 5.41) is 0. The van der Waals surface area contributed by atoms with Crippen molar-refractivity contribution in [2.24, 2.45) is 10.8 Å². The molecule has 0 heterocycles. The van der Waals surface area contributed by atoms with Gasteiger partial charge in [-0.1, -0.05) is 0 Å². The molecule has 121 valence electrons. The van der Waals surface area contributed by atoms with Gasteiger partial charge < -0.3 is 12.4 Å². The van der Waals surface area contributed by atoms with Crippen molar-refractivity contribution in [3.63, 3.8) is 0 Å². The maximum Gasteiger partial charge on any atom is -1.00 e. The van der Waals surface area contributed by atoms with Crippen LogP contribution >= 0.6 is 0 Å². The normalized spacial score (nSPS) is 23.4. The molecule has 0 amide bonds. The molecule has 2 aliphatic carbocycles. The summed E-state index contributed by atoms with van der Waals surface area (Å²) in [6.07, 6.45) is 0. The standard InChI is InChI=1S/2C10H15.ClH.U/c2*1-7-6-10(4,5)9(3)8(7)2;;/h2*1-5H3;1H;/q;;;+1/p-1. The van der Waals surface area contributed by atoms with Gasteiger partial charge in [0.15, 0.2) is 0 Å². The Morgan fingerprint density at radius 1 is 0.545 bits per heavy atom. The molecule has 0 saturated heterocycles. The van der Waals surface area contributed by atoms with E-state index in [1.165, 1.54) is 0 Å². The predicted octanol–water partition coefficient (Wildman–Crippen LogP) is 3.38. The fourth-order valence-electron chi connectivity index (χ4n) is 3.81. The summed E-state index contributed by atoms with van der Waals surface area (Å²) < 4.78 is 3.67. The number of halogens is 1. The molecule has 2 heteroatoms. The number of allylic oxidation sites excluding steroid dienone is 8. The minimum atomic E-state index is -1.16. The van der Waals surface area contributed by atoms with E-state index in [4.69, 9.17) is 0 Å². The van der Waals surface area contributed by atoms with E-state index in [2.05, 4.69) is 69.2 Å². The molecule has 0 saturated carbocycles. The van der Waals surface area contributed by atoms with E-state index in [-0.39, 0.29) is 12.4 Å². The molecule has 0 unspecified atom stereocenters. The van der Waals surface area contributed by atoms with Crippen LogP contribution in [0.4, 0.5) is 0 Å².